The summed E-state index contributed by atoms with van der Waals surface area (Å²) >= 11 is 0. The molecule has 1 saturated heterocycles. The summed E-state index contributed by atoms with van der Waals surface area (Å²) in [5, 5.41) is 2.62. The average Bonchev–Trinajstić information content (AvgIpc) is 3.56. The molecule has 2 aliphatic carbocycles. The molecule has 36 heavy (non-hydrogen) atoms. The van der Waals surface area contributed by atoms with Crippen molar-refractivity contribution in [1.29, 1.82) is 0 Å². The highest BCUT2D eigenvalue weighted by Crippen LogP contribution is 2.56. The summed E-state index contributed by atoms with van der Waals surface area (Å²) in [5.74, 6) is -2.29. The molecule has 1 aliphatic heterocycles. The van der Waals surface area contributed by atoms with Crippen LogP contribution >= 0.6 is 0 Å². The number of hydrogen-bond acceptors (Lipinski definition) is 6. The lowest BCUT2D eigenvalue weighted by Gasteiger charge is -2.26. The molecule has 3 amide bonds. The molecular weight excluding hydrogens is 460 g/mol. The summed E-state index contributed by atoms with van der Waals surface area (Å²) in [6, 6.07) is 14.4. The fourth-order valence-electron chi connectivity index (χ4n) is 6.07. The van der Waals surface area contributed by atoms with Crippen LogP contribution in [0.3, 0.4) is 0 Å². The lowest BCUT2D eigenvalue weighted by atomic mass is 9.81. The maximum absolute atomic E-state index is 13.4. The minimum absolute atomic E-state index is 0.0885. The number of esters is 1. The minimum Gasteiger partial charge on any atom is -0.454 e. The van der Waals surface area contributed by atoms with E-state index in [1.165, 1.54) is 6.92 Å². The lowest BCUT2D eigenvalue weighted by Crippen LogP contribution is -2.48. The van der Waals surface area contributed by atoms with Gasteiger partial charge in [0.05, 0.1) is 11.8 Å². The highest BCUT2D eigenvalue weighted by molar-refractivity contribution is 6.09. The van der Waals surface area contributed by atoms with Crippen LogP contribution < -0.4 is 5.32 Å². The van der Waals surface area contributed by atoms with Crippen molar-refractivity contribution in [3.63, 3.8) is 0 Å². The number of imide groups is 1. The fraction of sp³-hybridized carbons (Fsp3) is 0.393. The van der Waals surface area contributed by atoms with Gasteiger partial charge >= 0.3 is 5.97 Å². The maximum Gasteiger partial charge on any atom is 0.330 e. The zero-order valence-corrected chi connectivity index (χ0v) is 20.0. The molecule has 1 heterocycles. The number of ketones is 1. The number of benzene rings is 2. The highest BCUT2D eigenvalue weighted by atomic mass is 16.5. The van der Waals surface area contributed by atoms with E-state index in [1.807, 2.05) is 30.3 Å². The molecule has 2 aromatic rings. The Morgan fingerprint density at radius 3 is 2.14 bits per heavy atom. The first-order valence-corrected chi connectivity index (χ1v) is 12.3. The van der Waals surface area contributed by atoms with Crippen LogP contribution in [-0.2, 0) is 30.3 Å². The van der Waals surface area contributed by atoms with E-state index in [-0.39, 0.29) is 47.7 Å². The van der Waals surface area contributed by atoms with Gasteiger partial charge in [0.2, 0.25) is 11.8 Å². The van der Waals surface area contributed by atoms with Crippen LogP contribution in [0.2, 0.25) is 0 Å². The van der Waals surface area contributed by atoms with Crippen molar-refractivity contribution in [1.82, 2.24) is 4.90 Å². The molecule has 3 aliphatic rings. The van der Waals surface area contributed by atoms with Crippen LogP contribution in [0.25, 0.3) is 0 Å². The van der Waals surface area contributed by atoms with E-state index in [1.54, 1.807) is 24.3 Å². The number of fused-ring (bicyclic) bond motifs is 5. The second kappa shape index (κ2) is 9.68. The van der Waals surface area contributed by atoms with E-state index >= 15 is 0 Å². The van der Waals surface area contributed by atoms with Crippen LogP contribution in [-0.4, -0.2) is 47.0 Å². The first-order chi connectivity index (χ1) is 17.3. The van der Waals surface area contributed by atoms with Crippen LogP contribution in [0.5, 0.6) is 0 Å². The van der Waals surface area contributed by atoms with Crippen LogP contribution in [0, 0.1) is 23.7 Å². The van der Waals surface area contributed by atoms with Gasteiger partial charge in [-0.05, 0) is 67.9 Å². The number of hydrogen-bond donors (Lipinski definition) is 1. The quantitative estimate of drug-likeness (QED) is 0.348. The molecule has 0 radical (unpaired) electrons. The van der Waals surface area contributed by atoms with E-state index in [0.29, 0.717) is 11.3 Å². The molecule has 3 fully saturated rings. The Bertz CT molecular complexity index is 1180. The molecule has 186 valence electrons. The van der Waals surface area contributed by atoms with Gasteiger partial charge in [-0.2, -0.15) is 0 Å². The molecule has 2 saturated carbocycles. The Hall–Kier alpha value is -3.81. The molecule has 0 unspecified atom stereocenters. The van der Waals surface area contributed by atoms with Crippen molar-refractivity contribution >= 4 is 35.2 Å². The molecule has 0 aromatic heterocycles. The second-order valence-corrected chi connectivity index (χ2v) is 9.93. The Balaban J connectivity index is 1.29. The van der Waals surface area contributed by atoms with Crippen LogP contribution in [0.4, 0.5) is 5.69 Å². The number of carbonyl (C=O) groups excluding carboxylic acids is 5. The van der Waals surface area contributed by atoms with Crippen molar-refractivity contribution < 1.29 is 28.7 Å². The third-order valence-electron chi connectivity index (χ3n) is 7.74. The lowest BCUT2D eigenvalue weighted by molar-refractivity contribution is -0.160. The summed E-state index contributed by atoms with van der Waals surface area (Å²) in [5.41, 5.74) is 1.76. The number of likely N-dealkylation sites (tertiary alicyclic amines) is 1. The molecule has 5 rings (SSSR count). The number of ether oxygens (including phenoxy) is 1. The molecule has 8 heteroatoms. The number of amides is 3. The molecule has 0 spiro atoms. The summed E-state index contributed by atoms with van der Waals surface area (Å²) in [6.07, 6.45) is 2.92. The van der Waals surface area contributed by atoms with Crippen molar-refractivity contribution in [2.75, 3.05) is 11.9 Å². The Morgan fingerprint density at radius 1 is 0.944 bits per heavy atom. The fourth-order valence-corrected chi connectivity index (χ4v) is 6.07. The maximum atomic E-state index is 13.4. The largest absolute Gasteiger partial charge is 0.454 e. The number of nitrogens with one attached hydrogen (secondary N) is 1. The number of carbonyl (C=O) groups is 5. The van der Waals surface area contributed by atoms with E-state index in [9.17, 15) is 24.0 Å². The SMILES string of the molecule is CC(=O)c1ccc(NC(=O)COC(=O)[C@@H](Cc2ccccc2)N2C(=O)[C@@H]3[C@H]4CC[C@@H](C4)[C@@H]3C2=O)cc1. The predicted octanol–water partition coefficient (Wildman–Crippen LogP) is 3.01. The van der Waals surface area contributed by atoms with Gasteiger partial charge in [-0.1, -0.05) is 30.3 Å². The summed E-state index contributed by atoms with van der Waals surface area (Å²) in [7, 11) is 0. The van der Waals surface area contributed by atoms with E-state index in [2.05, 4.69) is 5.32 Å². The molecule has 2 aromatic carbocycles. The first kappa shape index (κ1) is 23.9. The topological polar surface area (TPSA) is 110 Å². The molecule has 8 nitrogen and oxygen atoms in total. The molecule has 5 atom stereocenters. The van der Waals surface area contributed by atoms with Gasteiger partial charge in [-0.3, -0.25) is 24.1 Å². The molecule has 1 N–H and O–H groups in total. The predicted molar refractivity (Wildman–Crippen MR) is 130 cm³/mol. The van der Waals surface area contributed by atoms with Gasteiger partial charge in [0, 0.05) is 17.7 Å². The van der Waals surface area contributed by atoms with Gasteiger partial charge in [0.25, 0.3) is 5.91 Å². The third kappa shape index (κ3) is 4.43. The molecular formula is C28H28N2O6. The van der Waals surface area contributed by atoms with Gasteiger partial charge in [0.1, 0.15) is 6.04 Å². The average molecular weight is 489 g/mol. The van der Waals surface area contributed by atoms with Gasteiger partial charge in [-0.25, -0.2) is 4.79 Å². The molecule has 2 bridgehead atoms. The van der Waals surface area contributed by atoms with E-state index in [4.69, 9.17) is 4.74 Å². The van der Waals surface area contributed by atoms with Crippen molar-refractivity contribution in [3.8, 4) is 0 Å². The van der Waals surface area contributed by atoms with Crippen molar-refractivity contribution in [3.05, 3.63) is 65.7 Å². The number of nitrogens with zero attached hydrogens (tertiary/aromatic N) is 1. The zero-order chi connectivity index (χ0) is 25.4. The summed E-state index contributed by atoms with van der Waals surface area (Å²) in [6.45, 7) is 0.889. The van der Waals surface area contributed by atoms with Crippen molar-refractivity contribution in [2.24, 2.45) is 23.7 Å². The van der Waals surface area contributed by atoms with Gasteiger partial charge < -0.3 is 10.1 Å². The third-order valence-corrected chi connectivity index (χ3v) is 7.74. The normalized spacial score (nSPS) is 25.0. The Labute approximate surface area is 209 Å². The number of anilines is 1. The smallest absolute Gasteiger partial charge is 0.330 e. The van der Waals surface area contributed by atoms with Crippen LogP contribution in [0.1, 0.15) is 42.1 Å². The first-order valence-electron chi connectivity index (χ1n) is 12.3. The van der Waals surface area contributed by atoms with E-state index < -0.39 is 24.5 Å². The number of Topliss-reactive ketones (excluding diaryl/α,β-unsaturated/α-hetero) is 1. The van der Waals surface area contributed by atoms with E-state index in [0.717, 1.165) is 29.7 Å². The monoisotopic (exact) mass is 488 g/mol. The zero-order valence-electron chi connectivity index (χ0n) is 20.0. The Kier molecular flexibility index (Phi) is 6.43. The second-order valence-electron chi connectivity index (χ2n) is 9.93. The summed E-state index contributed by atoms with van der Waals surface area (Å²) in [4.78, 5) is 64.9. The highest BCUT2D eigenvalue weighted by Gasteiger charge is 2.62. The minimum atomic E-state index is -1.12. The standard InChI is InChI=1S/C28H28N2O6/c1-16(31)18-9-11-21(12-10-18)29-23(32)15-36-28(35)22(13-17-5-3-2-4-6-17)30-26(33)24-19-7-8-20(14-19)25(24)27(30)34/h2-6,9-12,19-20,22,24-25H,7-8,13-15H2,1H3,(H,29,32)/t19-,20-,22+,24-,25+/m0/s1. The van der Waals surface area contributed by atoms with Crippen LogP contribution in [0.15, 0.2) is 54.6 Å². The number of rotatable bonds is 8. The van der Waals surface area contributed by atoms with Crippen molar-refractivity contribution in [2.45, 2.75) is 38.6 Å². The van der Waals surface area contributed by atoms with Gasteiger partial charge in [-0.15, -0.1) is 0 Å². The summed E-state index contributed by atoms with van der Waals surface area (Å²) < 4.78 is 5.32. The Morgan fingerprint density at radius 2 is 1.56 bits per heavy atom. The van der Waals surface area contributed by atoms with Gasteiger partial charge in [0.15, 0.2) is 12.4 Å².